The summed E-state index contributed by atoms with van der Waals surface area (Å²) in [5, 5.41) is 3.70. The summed E-state index contributed by atoms with van der Waals surface area (Å²) < 4.78 is 3.56. The zero-order valence-electron chi connectivity index (χ0n) is 15.9. The average Bonchev–Trinajstić information content (AvgIpc) is 3.32. The van der Waals surface area contributed by atoms with E-state index in [9.17, 15) is 0 Å². The highest BCUT2D eigenvalue weighted by Crippen LogP contribution is 2.37. The summed E-state index contributed by atoms with van der Waals surface area (Å²) >= 11 is 1.71. The molecule has 0 aliphatic heterocycles. The van der Waals surface area contributed by atoms with E-state index in [0.29, 0.717) is 0 Å². The minimum Gasteiger partial charge on any atom is -0.309 e. The fourth-order valence-corrected chi connectivity index (χ4v) is 5.47. The van der Waals surface area contributed by atoms with Gasteiger partial charge in [0.25, 0.3) is 0 Å². The maximum Gasteiger partial charge on any atom is 0.143 e. The second kappa shape index (κ2) is 5.88. The van der Waals surface area contributed by atoms with Crippen molar-refractivity contribution in [3.8, 4) is 5.69 Å². The molecular formula is C26H15N3S. The third-order valence-corrected chi connectivity index (χ3v) is 6.86. The van der Waals surface area contributed by atoms with E-state index in [4.69, 9.17) is 9.97 Å². The molecule has 0 atom stereocenters. The van der Waals surface area contributed by atoms with E-state index in [-0.39, 0.29) is 0 Å². The Morgan fingerprint density at radius 3 is 1.97 bits per heavy atom. The molecule has 0 saturated heterocycles. The van der Waals surface area contributed by atoms with Gasteiger partial charge >= 0.3 is 0 Å². The van der Waals surface area contributed by atoms with Gasteiger partial charge in [-0.2, -0.15) is 0 Å². The highest BCUT2D eigenvalue weighted by atomic mass is 32.1. The maximum atomic E-state index is 4.95. The summed E-state index contributed by atoms with van der Waals surface area (Å²) in [7, 11) is 0. The Balaban J connectivity index is 1.59. The van der Waals surface area contributed by atoms with Gasteiger partial charge in [0.15, 0.2) is 0 Å². The van der Waals surface area contributed by atoms with Crippen molar-refractivity contribution >= 4 is 64.6 Å². The largest absolute Gasteiger partial charge is 0.309 e. The van der Waals surface area contributed by atoms with Crippen LogP contribution in [-0.2, 0) is 0 Å². The summed E-state index contributed by atoms with van der Waals surface area (Å²) in [5.41, 5.74) is 6.44. The molecule has 140 valence electrons. The van der Waals surface area contributed by atoms with E-state index in [2.05, 4.69) is 71.3 Å². The second-order valence-corrected chi connectivity index (χ2v) is 8.55. The molecule has 30 heavy (non-hydrogen) atoms. The molecule has 3 heterocycles. The first kappa shape index (κ1) is 16.1. The number of fused-ring (bicyclic) bond motifs is 7. The SMILES string of the molecule is c1ccc2nc3c(nc2c1)sc1ccc(-n2c4ccccc4c4ccccc42)cc13. The van der Waals surface area contributed by atoms with Gasteiger partial charge < -0.3 is 4.57 Å². The van der Waals surface area contributed by atoms with Gasteiger partial charge in [-0.05, 0) is 42.5 Å². The Hall–Kier alpha value is -3.76. The van der Waals surface area contributed by atoms with Crippen LogP contribution < -0.4 is 0 Å². The van der Waals surface area contributed by atoms with Gasteiger partial charge in [0.2, 0.25) is 0 Å². The zero-order valence-corrected chi connectivity index (χ0v) is 16.7. The number of rotatable bonds is 1. The number of nitrogens with zero attached hydrogens (tertiary/aromatic N) is 3. The highest BCUT2D eigenvalue weighted by molar-refractivity contribution is 7.25. The summed E-state index contributed by atoms with van der Waals surface area (Å²) in [6.07, 6.45) is 0. The van der Waals surface area contributed by atoms with Crippen molar-refractivity contribution in [2.24, 2.45) is 0 Å². The minimum atomic E-state index is 0.937. The Labute approximate surface area is 175 Å². The number of thiophene rings is 1. The van der Waals surface area contributed by atoms with Gasteiger partial charge in [0.1, 0.15) is 10.3 Å². The number of hydrogen-bond donors (Lipinski definition) is 0. The van der Waals surface area contributed by atoms with Crippen molar-refractivity contribution < 1.29 is 0 Å². The van der Waals surface area contributed by atoms with Gasteiger partial charge in [-0.25, -0.2) is 9.97 Å². The lowest BCUT2D eigenvalue weighted by molar-refractivity contribution is 1.19. The van der Waals surface area contributed by atoms with E-state index in [0.717, 1.165) is 32.5 Å². The Kier molecular flexibility index (Phi) is 3.15. The molecule has 0 aliphatic carbocycles. The lowest BCUT2D eigenvalue weighted by atomic mass is 10.2. The van der Waals surface area contributed by atoms with Crippen LogP contribution in [0.1, 0.15) is 0 Å². The molecule has 7 aromatic rings. The van der Waals surface area contributed by atoms with Crippen LogP contribution in [0, 0.1) is 0 Å². The lowest BCUT2D eigenvalue weighted by Gasteiger charge is -2.08. The number of hydrogen-bond acceptors (Lipinski definition) is 3. The van der Waals surface area contributed by atoms with Crippen LogP contribution in [0.4, 0.5) is 0 Å². The zero-order chi connectivity index (χ0) is 19.7. The Morgan fingerprint density at radius 1 is 0.600 bits per heavy atom. The fraction of sp³-hybridized carbons (Fsp3) is 0. The molecule has 0 saturated carbocycles. The molecule has 0 amide bonds. The Bertz CT molecular complexity index is 1700. The van der Waals surface area contributed by atoms with E-state index >= 15 is 0 Å². The van der Waals surface area contributed by atoms with Crippen LogP contribution in [-0.4, -0.2) is 14.5 Å². The Morgan fingerprint density at radius 2 is 1.23 bits per heavy atom. The quantitative estimate of drug-likeness (QED) is 0.294. The normalized spacial score (nSPS) is 12.0. The van der Waals surface area contributed by atoms with Crippen molar-refractivity contribution in [2.45, 2.75) is 0 Å². The molecule has 0 fully saturated rings. The molecule has 7 rings (SSSR count). The second-order valence-electron chi connectivity index (χ2n) is 7.52. The number of benzene rings is 4. The van der Waals surface area contributed by atoms with E-state index in [1.165, 1.54) is 26.5 Å². The van der Waals surface area contributed by atoms with Crippen LogP contribution in [0.25, 0.3) is 59.0 Å². The van der Waals surface area contributed by atoms with Gasteiger partial charge in [0.05, 0.1) is 22.1 Å². The first-order chi connectivity index (χ1) is 14.9. The van der Waals surface area contributed by atoms with E-state index in [1.54, 1.807) is 11.3 Å². The maximum absolute atomic E-state index is 4.95. The summed E-state index contributed by atoms with van der Waals surface area (Å²) in [6.45, 7) is 0. The van der Waals surface area contributed by atoms with Crippen LogP contribution in [0.5, 0.6) is 0 Å². The first-order valence-corrected chi connectivity index (χ1v) is 10.8. The van der Waals surface area contributed by atoms with Crippen molar-refractivity contribution in [1.82, 2.24) is 14.5 Å². The standard InChI is InChI=1S/C26H15N3S/c1-5-11-22-17(7-1)18-8-2-6-12-23(18)29(22)16-13-14-24-19(15-16)25-26(30-24)28-21-10-4-3-9-20(21)27-25/h1-15H. The predicted octanol–water partition coefficient (Wildman–Crippen LogP) is 7.09. The molecule has 3 aromatic heterocycles. The molecule has 0 spiro atoms. The van der Waals surface area contributed by atoms with Gasteiger partial charge in [0, 0.05) is 26.5 Å². The topological polar surface area (TPSA) is 30.7 Å². The van der Waals surface area contributed by atoms with Crippen LogP contribution in [0.2, 0.25) is 0 Å². The van der Waals surface area contributed by atoms with Gasteiger partial charge in [-0.1, -0.05) is 48.5 Å². The molecule has 0 aliphatic rings. The van der Waals surface area contributed by atoms with Crippen LogP contribution in [0.3, 0.4) is 0 Å². The van der Waals surface area contributed by atoms with E-state index < -0.39 is 0 Å². The molecule has 3 nitrogen and oxygen atoms in total. The van der Waals surface area contributed by atoms with Crippen molar-refractivity contribution in [3.05, 3.63) is 91.0 Å². The fourth-order valence-electron chi connectivity index (χ4n) is 4.47. The smallest absolute Gasteiger partial charge is 0.143 e. The molecule has 0 unspecified atom stereocenters. The number of para-hydroxylation sites is 4. The van der Waals surface area contributed by atoms with Crippen molar-refractivity contribution in [2.75, 3.05) is 0 Å². The molecule has 4 aromatic carbocycles. The summed E-state index contributed by atoms with van der Waals surface area (Å²) in [6, 6.07) is 32.0. The summed E-state index contributed by atoms with van der Waals surface area (Å²) in [4.78, 5) is 10.8. The lowest BCUT2D eigenvalue weighted by Crippen LogP contribution is -1.93. The van der Waals surface area contributed by atoms with Crippen LogP contribution in [0.15, 0.2) is 91.0 Å². The third-order valence-electron chi connectivity index (χ3n) is 5.80. The molecular weight excluding hydrogens is 386 g/mol. The molecule has 4 heteroatoms. The van der Waals surface area contributed by atoms with E-state index in [1.807, 2.05) is 24.3 Å². The van der Waals surface area contributed by atoms with Gasteiger partial charge in [-0.3, -0.25) is 0 Å². The van der Waals surface area contributed by atoms with Crippen molar-refractivity contribution in [1.29, 1.82) is 0 Å². The highest BCUT2D eigenvalue weighted by Gasteiger charge is 2.14. The van der Waals surface area contributed by atoms with Gasteiger partial charge in [-0.15, -0.1) is 11.3 Å². The molecule has 0 bridgehead atoms. The molecule has 0 N–H and O–H groups in total. The molecule has 0 radical (unpaired) electrons. The van der Waals surface area contributed by atoms with Crippen molar-refractivity contribution in [3.63, 3.8) is 0 Å². The third kappa shape index (κ3) is 2.14. The number of aromatic nitrogens is 3. The predicted molar refractivity (Wildman–Crippen MR) is 127 cm³/mol. The monoisotopic (exact) mass is 401 g/mol. The average molecular weight is 401 g/mol. The minimum absolute atomic E-state index is 0.937. The summed E-state index contributed by atoms with van der Waals surface area (Å²) in [5.74, 6) is 0. The van der Waals surface area contributed by atoms with Crippen LogP contribution >= 0.6 is 11.3 Å². The first-order valence-electron chi connectivity index (χ1n) is 9.94.